The van der Waals surface area contributed by atoms with Crippen LogP contribution in [0, 0.1) is 5.92 Å². The molecule has 0 aromatic heterocycles. The minimum absolute atomic E-state index is 0.124. The number of nitrogens with one attached hydrogen (secondary N) is 1. The number of nitrogens with two attached hydrogens (primary N) is 1. The fraction of sp³-hybridized carbons (Fsp3) is 0.816. The van der Waals surface area contributed by atoms with Gasteiger partial charge in [-0.05, 0) is 83.7 Å². The Morgan fingerprint density at radius 2 is 1.11 bits per heavy atom. The van der Waals surface area contributed by atoms with E-state index >= 15 is 0 Å². The van der Waals surface area contributed by atoms with Crippen molar-refractivity contribution in [3.8, 4) is 0 Å². The van der Waals surface area contributed by atoms with Gasteiger partial charge in [-0.1, -0.05) is 89.5 Å². The highest BCUT2D eigenvalue weighted by atomic mass is 16.5. The number of esters is 3. The van der Waals surface area contributed by atoms with E-state index < -0.39 is 0 Å². The third-order valence-corrected chi connectivity index (χ3v) is 7.87. The van der Waals surface area contributed by atoms with Gasteiger partial charge >= 0.3 is 17.9 Å². The molecule has 268 valence electrons. The molecule has 0 aliphatic heterocycles. The van der Waals surface area contributed by atoms with E-state index in [1.807, 2.05) is 0 Å². The summed E-state index contributed by atoms with van der Waals surface area (Å²) in [4.78, 5) is 36.5. The lowest BCUT2D eigenvalue weighted by atomic mass is 10.0. The van der Waals surface area contributed by atoms with Crippen molar-refractivity contribution in [3.63, 3.8) is 0 Å². The Labute approximate surface area is 282 Å². The number of hydrogen-bond acceptors (Lipinski definition) is 8. The summed E-state index contributed by atoms with van der Waals surface area (Å²) < 4.78 is 16.4. The Morgan fingerprint density at radius 3 is 1.76 bits per heavy atom. The van der Waals surface area contributed by atoms with Crippen LogP contribution < -0.4 is 11.1 Å². The molecule has 8 heteroatoms. The molecular weight excluding hydrogens is 580 g/mol. The number of allylic oxidation sites excluding steroid dienone is 4. The van der Waals surface area contributed by atoms with Crippen LogP contribution in [0.5, 0.6) is 0 Å². The van der Waals surface area contributed by atoms with Gasteiger partial charge in [-0.15, -0.1) is 0 Å². The highest BCUT2D eigenvalue weighted by molar-refractivity contribution is 5.70. The second-order valence-corrected chi connectivity index (χ2v) is 12.4. The van der Waals surface area contributed by atoms with Gasteiger partial charge in [-0.25, -0.2) is 0 Å². The Hall–Kier alpha value is -2.19. The Kier molecular flexibility index (Phi) is 34.0. The second kappa shape index (κ2) is 35.7. The first-order valence-electron chi connectivity index (χ1n) is 18.7. The van der Waals surface area contributed by atoms with Gasteiger partial charge in [-0.3, -0.25) is 14.4 Å². The average Bonchev–Trinajstić information content (AvgIpc) is 3.05. The van der Waals surface area contributed by atoms with Crippen molar-refractivity contribution in [2.24, 2.45) is 11.7 Å². The van der Waals surface area contributed by atoms with Crippen molar-refractivity contribution in [2.45, 2.75) is 155 Å². The molecule has 0 radical (unpaired) electrons. The summed E-state index contributed by atoms with van der Waals surface area (Å²) in [6.45, 7) is 7.38. The number of ether oxygens (including phenoxy) is 3. The van der Waals surface area contributed by atoms with Crippen molar-refractivity contribution in [1.82, 2.24) is 5.32 Å². The topological polar surface area (TPSA) is 117 Å². The Morgan fingerprint density at radius 1 is 0.587 bits per heavy atom. The van der Waals surface area contributed by atoms with Crippen molar-refractivity contribution in [1.29, 1.82) is 0 Å². The van der Waals surface area contributed by atoms with Gasteiger partial charge in [0.25, 0.3) is 0 Å². The van der Waals surface area contributed by atoms with E-state index in [0.717, 1.165) is 90.1 Å². The summed E-state index contributed by atoms with van der Waals surface area (Å²) in [5, 5.41) is 3.34. The van der Waals surface area contributed by atoms with Crippen LogP contribution in [0.1, 0.15) is 155 Å². The summed E-state index contributed by atoms with van der Waals surface area (Å²) in [7, 11) is 0. The minimum atomic E-state index is -0.230. The second-order valence-electron chi connectivity index (χ2n) is 12.4. The zero-order valence-electron chi connectivity index (χ0n) is 29.7. The van der Waals surface area contributed by atoms with Crippen LogP contribution >= 0.6 is 0 Å². The largest absolute Gasteiger partial charge is 0.465 e. The van der Waals surface area contributed by atoms with Crippen LogP contribution in [0.3, 0.4) is 0 Å². The molecule has 1 unspecified atom stereocenters. The van der Waals surface area contributed by atoms with E-state index in [9.17, 15) is 14.4 Å². The zero-order valence-corrected chi connectivity index (χ0v) is 29.7. The van der Waals surface area contributed by atoms with Crippen LogP contribution in [-0.2, 0) is 28.6 Å². The number of rotatable bonds is 34. The Bertz CT molecular complexity index is 770. The zero-order chi connectivity index (χ0) is 33.8. The van der Waals surface area contributed by atoms with Crippen molar-refractivity contribution in [3.05, 3.63) is 24.3 Å². The normalized spacial score (nSPS) is 12.2. The van der Waals surface area contributed by atoms with E-state index in [4.69, 9.17) is 19.9 Å². The molecule has 0 saturated carbocycles. The van der Waals surface area contributed by atoms with Crippen LogP contribution in [0.25, 0.3) is 0 Å². The summed E-state index contributed by atoms with van der Waals surface area (Å²) in [5.41, 5.74) is 5.52. The minimum Gasteiger partial charge on any atom is -0.465 e. The van der Waals surface area contributed by atoms with Crippen LogP contribution in [0.2, 0.25) is 0 Å². The molecule has 0 bridgehead atoms. The van der Waals surface area contributed by atoms with Crippen molar-refractivity contribution >= 4 is 17.9 Å². The van der Waals surface area contributed by atoms with Gasteiger partial charge in [0.15, 0.2) is 0 Å². The number of hydrogen-bond donors (Lipinski definition) is 2. The molecule has 0 aliphatic rings. The highest BCUT2D eigenvalue weighted by Crippen LogP contribution is 2.14. The molecule has 0 rings (SSSR count). The molecule has 0 aliphatic carbocycles. The smallest absolute Gasteiger partial charge is 0.305 e. The van der Waals surface area contributed by atoms with E-state index in [1.165, 1.54) is 32.1 Å². The number of unbranched alkanes of at least 4 members (excludes halogenated alkanes) is 12. The molecule has 8 nitrogen and oxygen atoms in total. The first kappa shape index (κ1) is 43.8. The molecule has 0 fully saturated rings. The molecule has 1 atom stereocenters. The monoisotopic (exact) mass is 651 g/mol. The number of carbonyl (C=O) groups is 3. The van der Waals surface area contributed by atoms with Crippen molar-refractivity contribution in [2.75, 3.05) is 39.5 Å². The van der Waals surface area contributed by atoms with Gasteiger partial charge in [0.05, 0.1) is 13.2 Å². The van der Waals surface area contributed by atoms with E-state index in [0.29, 0.717) is 45.3 Å². The molecule has 0 amide bonds. The number of carbonyl (C=O) groups excluding carboxylic acids is 3. The lowest BCUT2D eigenvalue weighted by Crippen LogP contribution is -2.23. The van der Waals surface area contributed by atoms with Crippen LogP contribution in [-0.4, -0.2) is 57.4 Å². The highest BCUT2D eigenvalue weighted by Gasteiger charge is 2.16. The maximum Gasteiger partial charge on any atom is 0.305 e. The van der Waals surface area contributed by atoms with Crippen molar-refractivity contribution < 1.29 is 28.6 Å². The van der Waals surface area contributed by atoms with E-state index in [-0.39, 0.29) is 37.0 Å². The maximum atomic E-state index is 12.2. The SMILES string of the molecule is CCCCCCCC(=O)OCC(CCCC(=O)OCCNCCCC/C=C\C/C=C\CCCCCCN)COC(=O)CCCCC. The van der Waals surface area contributed by atoms with Gasteiger partial charge in [-0.2, -0.15) is 0 Å². The van der Waals surface area contributed by atoms with E-state index in [1.54, 1.807) is 0 Å². The molecule has 0 saturated heterocycles. The average molecular weight is 651 g/mol. The summed E-state index contributed by atoms with van der Waals surface area (Å²) in [5.74, 6) is -0.774. The molecule has 0 spiro atoms. The predicted octanol–water partition coefficient (Wildman–Crippen LogP) is 8.51. The molecule has 3 N–H and O–H groups in total. The molecular formula is C38H70N2O6. The first-order valence-corrected chi connectivity index (χ1v) is 18.7. The quantitative estimate of drug-likeness (QED) is 0.0308. The Balaban J connectivity index is 4.01. The fourth-order valence-electron chi connectivity index (χ4n) is 4.92. The molecule has 46 heavy (non-hydrogen) atoms. The van der Waals surface area contributed by atoms with E-state index in [2.05, 4.69) is 43.5 Å². The van der Waals surface area contributed by atoms with Gasteiger partial charge in [0.2, 0.25) is 0 Å². The van der Waals surface area contributed by atoms with Crippen LogP contribution in [0.4, 0.5) is 0 Å². The predicted molar refractivity (Wildman–Crippen MR) is 189 cm³/mol. The standard InChI is InChI=1S/C38H70N2O6/c1-3-5-7-17-21-27-38(43)46-34-35(33-45-37(42)26-20-6-4-2)25-24-28-36(41)44-32-31-40-30-23-19-16-14-12-10-8-9-11-13-15-18-22-29-39/h8-9,12,14,35,40H,3-7,10-11,13,15-34,39H2,1-2H3/b9-8-,14-12-. The van der Waals surface area contributed by atoms with Gasteiger partial charge in [0.1, 0.15) is 6.61 Å². The lowest BCUT2D eigenvalue weighted by molar-refractivity contribution is -0.150. The summed E-state index contributed by atoms with van der Waals surface area (Å²) in [6.07, 6.45) is 30.0. The maximum absolute atomic E-state index is 12.2. The fourth-order valence-corrected chi connectivity index (χ4v) is 4.92. The molecule has 0 heterocycles. The molecule has 0 aromatic rings. The first-order chi connectivity index (χ1) is 22.5. The third-order valence-electron chi connectivity index (χ3n) is 7.87. The van der Waals surface area contributed by atoms with Gasteiger partial charge in [0, 0.05) is 31.7 Å². The lowest BCUT2D eigenvalue weighted by Gasteiger charge is -2.17. The summed E-state index contributed by atoms with van der Waals surface area (Å²) >= 11 is 0. The van der Waals surface area contributed by atoms with Crippen LogP contribution in [0.15, 0.2) is 24.3 Å². The third kappa shape index (κ3) is 33.2. The van der Waals surface area contributed by atoms with Gasteiger partial charge < -0.3 is 25.3 Å². The summed E-state index contributed by atoms with van der Waals surface area (Å²) in [6, 6.07) is 0. The molecule has 0 aromatic carbocycles.